The van der Waals surface area contributed by atoms with Crippen LogP contribution >= 0.6 is 0 Å². The molecule has 0 aromatic carbocycles. The molecule has 2 rings (SSSR count). The van der Waals surface area contributed by atoms with Gasteiger partial charge in [0.2, 0.25) is 10.0 Å². The average molecular weight is 303 g/mol. The third kappa shape index (κ3) is 4.94. The first kappa shape index (κ1) is 15.6. The van der Waals surface area contributed by atoms with Gasteiger partial charge in [-0.05, 0) is 43.4 Å². The van der Waals surface area contributed by atoms with E-state index in [9.17, 15) is 13.2 Å². The average Bonchev–Trinajstić information content (AvgIpc) is 3.06. The first-order valence-corrected chi connectivity index (χ1v) is 9.02. The standard InChI is InChI=1S/C13H25N3O3S/c1-13(4-5-13)6-7-15-12(17)16-8-2-11(3-9-16)10-20(14,18)19/h11H,2-10H2,1H3,(H,15,17)(H2,14,18,19). The minimum absolute atomic E-state index is 0.0247. The fourth-order valence-corrected chi connectivity index (χ4v) is 3.67. The topological polar surface area (TPSA) is 92.5 Å². The van der Waals surface area contributed by atoms with Crippen molar-refractivity contribution in [2.75, 3.05) is 25.4 Å². The van der Waals surface area contributed by atoms with Crippen LogP contribution in [-0.2, 0) is 10.0 Å². The maximum Gasteiger partial charge on any atom is 0.317 e. The van der Waals surface area contributed by atoms with Crippen molar-refractivity contribution in [1.82, 2.24) is 10.2 Å². The van der Waals surface area contributed by atoms with Crippen LogP contribution in [0, 0.1) is 11.3 Å². The van der Waals surface area contributed by atoms with Crippen LogP contribution in [0.3, 0.4) is 0 Å². The first-order valence-electron chi connectivity index (χ1n) is 7.31. The summed E-state index contributed by atoms with van der Waals surface area (Å²) in [5, 5.41) is 8.01. The number of rotatable bonds is 5. The van der Waals surface area contributed by atoms with Gasteiger partial charge in [0.15, 0.2) is 0 Å². The van der Waals surface area contributed by atoms with Gasteiger partial charge < -0.3 is 10.2 Å². The van der Waals surface area contributed by atoms with Crippen LogP contribution in [0.4, 0.5) is 4.79 Å². The van der Waals surface area contributed by atoms with E-state index in [0.717, 1.165) is 13.0 Å². The van der Waals surface area contributed by atoms with Crippen LogP contribution in [0.25, 0.3) is 0 Å². The summed E-state index contributed by atoms with van der Waals surface area (Å²) in [7, 11) is -3.40. The van der Waals surface area contributed by atoms with Crippen molar-refractivity contribution in [2.45, 2.75) is 39.0 Å². The second-order valence-corrected chi connectivity index (χ2v) is 8.21. The van der Waals surface area contributed by atoms with Gasteiger partial charge >= 0.3 is 6.03 Å². The van der Waals surface area contributed by atoms with Crippen LogP contribution in [0.5, 0.6) is 0 Å². The predicted molar refractivity (Wildman–Crippen MR) is 77.6 cm³/mol. The van der Waals surface area contributed by atoms with Crippen LogP contribution in [-0.4, -0.2) is 44.7 Å². The van der Waals surface area contributed by atoms with E-state index in [-0.39, 0.29) is 17.7 Å². The molecule has 0 bridgehead atoms. The number of hydrogen-bond acceptors (Lipinski definition) is 3. The third-order valence-electron chi connectivity index (χ3n) is 4.48. The summed E-state index contributed by atoms with van der Waals surface area (Å²) in [6, 6.07) is -0.0247. The van der Waals surface area contributed by atoms with E-state index in [2.05, 4.69) is 12.2 Å². The number of likely N-dealkylation sites (tertiary alicyclic amines) is 1. The number of primary sulfonamides is 1. The summed E-state index contributed by atoms with van der Waals surface area (Å²) >= 11 is 0. The van der Waals surface area contributed by atoms with Crippen molar-refractivity contribution in [3.05, 3.63) is 0 Å². The lowest BCUT2D eigenvalue weighted by Gasteiger charge is -2.31. The molecule has 7 heteroatoms. The maximum atomic E-state index is 12.0. The molecule has 0 aromatic heterocycles. The molecule has 0 spiro atoms. The second-order valence-electron chi connectivity index (χ2n) is 6.55. The molecule has 1 heterocycles. The molecular formula is C13H25N3O3S. The lowest BCUT2D eigenvalue weighted by molar-refractivity contribution is 0.174. The lowest BCUT2D eigenvalue weighted by atomic mass is 9.99. The van der Waals surface area contributed by atoms with Gasteiger partial charge in [0.25, 0.3) is 0 Å². The Kier molecular flexibility index (Phi) is 4.59. The summed E-state index contributed by atoms with van der Waals surface area (Å²) in [6.45, 7) is 4.21. The number of amides is 2. The van der Waals surface area contributed by atoms with Crippen LogP contribution in [0.1, 0.15) is 39.0 Å². The highest BCUT2D eigenvalue weighted by molar-refractivity contribution is 7.89. The van der Waals surface area contributed by atoms with Gasteiger partial charge in [-0.25, -0.2) is 18.4 Å². The Balaban J connectivity index is 1.66. The Hall–Kier alpha value is -0.820. The van der Waals surface area contributed by atoms with E-state index in [1.54, 1.807) is 4.90 Å². The monoisotopic (exact) mass is 303 g/mol. The van der Waals surface area contributed by atoms with E-state index in [4.69, 9.17) is 5.14 Å². The molecule has 116 valence electrons. The second kappa shape index (κ2) is 5.89. The molecule has 0 unspecified atom stereocenters. The molecule has 3 N–H and O–H groups in total. The van der Waals surface area contributed by atoms with E-state index < -0.39 is 10.0 Å². The normalized spacial score (nSPS) is 22.6. The third-order valence-corrected chi connectivity index (χ3v) is 5.41. The van der Waals surface area contributed by atoms with Gasteiger partial charge in [-0.3, -0.25) is 0 Å². The van der Waals surface area contributed by atoms with Crippen molar-refractivity contribution in [2.24, 2.45) is 16.5 Å². The van der Waals surface area contributed by atoms with E-state index >= 15 is 0 Å². The van der Waals surface area contributed by atoms with Gasteiger partial charge in [0.1, 0.15) is 0 Å². The highest BCUT2D eigenvalue weighted by Crippen LogP contribution is 2.47. The Morgan fingerprint density at radius 1 is 1.35 bits per heavy atom. The van der Waals surface area contributed by atoms with Crippen LogP contribution in [0.2, 0.25) is 0 Å². The molecule has 2 aliphatic rings. The Labute approximate surface area is 121 Å². The SMILES string of the molecule is CC1(CCNC(=O)N2CCC(CS(N)(=O)=O)CC2)CC1. The molecular weight excluding hydrogens is 278 g/mol. The molecule has 2 amide bonds. The Morgan fingerprint density at radius 2 is 1.95 bits per heavy atom. The quantitative estimate of drug-likeness (QED) is 0.790. The number of carbonyl (C=O) groups excluding carboxylic acids is 1. The molecule has 0 radical (unpaired) electrons. The fraction of sp³-hybridized carbons (Fsp3) is 0.923. The summed E-state index contributed by atoms with van der Waals surface area (Å²) in [4.78, 5) is 13.7. The van der Waals surface area contributed by atoms with Crippen molar-refractivity contribution in [3.63, 3.8) is 0 Å². The highest BCUT2D eigenvalue weighted by Gasteiger charge is 2.36. The molecule has 6 nitrogen and oxygen atoms in total. The molecule has 20 heavy (non-hydrogen) atoms. The zero-order chi connectivity index (χ0) is 14.8. The molecule has 0 aromatic rings. The van der Waals surface area contributed by atoms with Gasteiger partial charge in [-0.2, -0.15) is 0 Å². The number of piperidine rings is 1. The molecule has 0 atom stereocenters. The number of sulfonamides is 1. The lowest BCUT2D eigenvalue weighted by Crippen LogP contribution is -2.45. The fourth-order valence-electron chi connectivity index (χ4n) is 2.68. The predicted octanol–water partition coefficient (Wildman–Crippen LogP) is 0.887. The number of nitrogens with zero attached hydrogens (tertiary/aromatic N) is 1. The number of hydrogen-bond donors (Lipinski definition) is 2. The van der Waals surface area contributed by atoms with Gasteiger partial charge in [-0.1, -0.05) is 6.92 Å². The zero-order valence-corrected chi connectivity index (χ0v) is 12.9. The summed E-state index contributed by atoms with van der Waals surface area (Å²) in [5.74, 6) is 0.111. The minimum Gasteiger partial charge on any atom is -0.338 e. The molecule has 1 saturated heterocycles. The first-order chi connectivity index (χ1) is 9.27. The summed E-state index contributed by atoms with van der Waals surface area (Å²) in [6.07, 6.45) is 4.99. The molecule has 1 saturated carbocycles. The largest absolute Gasteiger partial charge is 0.338 e. The molecule has 2 fully saturated rings. The van der Waals surface area contributed by atoms with E-state index in [0.29, 0.717) is 31.3 Å². The minimum atomic E-state index is -3.40. The number of urea groups is 1. The van der Waals surface area contributed by atoms with Gasteiger partial charge in [0.05, 0.1) is 5.75 Å². The summed E-state index contributed by atoms with van der Waals surface area (Å²) < 4.78 is 22.1. The summed E-state index contributed by atoms with van der Waals surface area (Å²) in [5.41, 5.74) is 0.454. The van der Waals surface area contributed by atoms with Crippen molar-refractivity contribution >= 4 is 16.1 Å². The number of carbonyl (C=O) groups is 1. The van der Waals surface area contributed by atoms with Crippen LogP contribution < -0.4 is 10.5 Å². The molecule has 1 aliphatic heterocycles. The smallest absolute Gasteiger partial charge is 0.317 e. The number of nitrogens with two attached hydrogens (primary N) is 1. The maximum absolute atomic E-state index is 12.0. The number of nitrogens with one attached hydrogen (secondary N) is 1. The zero-order valence-electron chi connectivity index (χ0n) is 12.1. The molecule has 1 aliphatic carbocycles. The van der Waals surface area contributed by atoms with E-state index in [1.807, 2.05) is 0 Å². The highest BCUT2D eigenvalue weighted by atomic mass is 32.2. The van der Waals surface area contributed by atoms with Crippen molar-refractivity contribution in [1.29, 1.82) is 0 Å². The van der Waals surface area contributed by atoms with Crippen molar-refractivity contribution < 1.29 is 13.2 Å². The van der Waals surface area contributed by atoms with Crippen molar-refractivity contribution in [3.8, 4) is 0 Å². The Bertz CT molecular complexity index is 451. The Morgan fingerprint density at radius 3 is 2.45 bits per heavy atom. The van der Waals surface area contributed by atoms with E-state index in [1.165, 1.54) is 12.8 Å². The van der Waals surface area contributed by atoms with Crippen LogP contribution in [0.15, 0.2) is 0 Å². The van der Waals surface area contributed by atoms with Gasteiger partial charge in [0, 0.05) is 19.6 Å². The van der Waals surface area contributed by atoms with Gasteiger partial charge in [-0.15, -0.1) is 0 Å².